The van der Waals surface area contributed by atoms with Gasteiger partial charge in [0.15, 0.2) is 47.7 Å². The summed E-state index contributed by atoms with van der Waals surface area (Å²) in [6.45, 7) is 0.109. The molecule has 0 saturated carbocycles. The molecule has 0 rings (SSSR count). The fourth-order valence-electron chi connectivity index (χ4n) is 8.70. The molecule has 0 unspecified atom stereocenters. The van der Waals surface area contributed by atoms with E-state index in [1.54, 1.807) is 7.05 Å². The van der Waals surface area contributed by atoms with Gasteiger partial charge in [0.1, 0.15) is 48.3 Å². The molecule has 0 aliphatic carbocycles. The van der Waals surface area contributed by atoms with Crippen LogP contribution in [0.15, 0.2) is 39.9 Å². The zero-order valence-corrected chi connectivity index (χ0v) is 55.3. The number of nitrogens with one attached hydrogen (secondary N) is 9. The Morgan fingerprint density at radius 2 is 0.385 bits per heavy atom. The molecular weight excluding hydrogens is 1280 g/mol. The number of thiol groups is 1. The van der Waals surface area contributed by atoms with Gasteiger partial charge in [0, 0.05) is 58.1 Å². The second kappa shape index (κ2) is 49.3. The highest BCUT2D eigenvalue weighted by Gasteiger charge is 2.35. The molecule has 0 aromatic carbocycles. The van der Waals surface area contributed by atoms with Crippen molar-refractivity contribution in [2.24, 2.45) is 137 Å². The van der Waals surface area contributed by atoms with Gasteiger partial charge in [-0.1, -0.05) is 0 Å². The molecule has 43 nitrogen and oxygen atoms in total. The van der Waals surface area contributed by atoms with Gasteiger partial charge in [-0.25, -0.2) is 0 Å². The van der Waals surface area contributed by atoms with Gasteiger partial charge in [0.25, 0.3) is 0 Å². The van der Waals surface area contributed by atoms with E-state index < -0.39 is 108 Å². The molecule has 0 fully saturated rings. The Morgan fingerprint density at radius 3 is 0.510 bits per heavy atom. The number of rotatable bonds is 51. The number of likely N-dealkylation sites (N-methyl/N-ethyl adjacent to an activating group) is 1. The van der Waals surface area contributed by atoms with Crippen molar-refractivity contribution in [2.75, 3.05) is 65.2 Å². The van der Waals surface area contributed by atoms with Gasteiger partial charge in [-0.05, 0) is 110 Å². The molecule has 0 aliphatic heterocycles. The van der Waals surface area contributed by atoms with E-state index in [2.05, 4.69) is 100 Å². The van der Waals surface area contributed by atoms with Gasteiger partial charge in [0.2, 0.25) is 53.2 Å². The Hall–Kier alpha value is -10.3. The van der Waals surface area contributed by atoms with Crippen molar-refractivity contribution in [3.05, 3.63) is 0 Å². The third kappa shape index (κ3) is 41.3. The Kier molecular flexibility index (Phi) is 44.0. The minimum absolute atomic E-state index is 0.0109. The topological polar surface area (TPSA) is 803 Å². The second-order valence-corrected chi connectivity index (χ2v) is 21.9. The first-order chi connectivity index (χ1) is 45.3. The Morgan fingerprint density at radius 1 is 0.250 bits per heavy atom. The number of hydrogen-bond acceptors (Lipinski definition) is 19. The summed E-state index contributed by atoms with van der Waals surface area (Å²) >= 11 is 4.09. The molecule has 0 saturated heterocycles. The van der Waals surface area contributed by atoms with Crippen molar-refractivity contribution in [1.29, 1.82) is 0 Å². The third-order valence-corrected chi connectivity index (χ3v) is 13.9. The minimum atomic E-state index is -1.54. The largest absolute Gasteiger partial charge is 0.370 e. The van der Waals surface area contributed by atoms with Crippen LogP contribution in [-0.2, 0) is 43.2 Å². The molecule has 544 valence electrons. The summed E-state index contributed by atoms with van der Waals surface area (Å²) in [6, 6.07) is -12.2. The Labute approximate surface area is 562 Å². The minimum Gasteiger partial charge on any atom is -0.370 e. The molecule has 0 radical (unpaired) electrons. The Bertz CT molecular complexity index is 2700. The van der Waals surface area contributed by atoms with Crippen LogP contribution < -0.4 is 145 Å². The highest BCUT2D eigenvalue weighted by Crippen LogP contribution is 2.12. The summed E-state index contributed by atoms with van der Waals surface area (Å²) in [6.07, 6.45) is 0.226. The van der Waals surface area contributed by atoms with Crippen molar-refractivity contribution in [1.82, 2.24) is 47.9 Å². The molecular formula is C52H106N34O9S. The zero-order chi connectivity index (χ0) is 72.7. The van der Waals surface area contributed by atoms with Crippen LogP contribution >= 0.6 is 12.6 Å². The summed E-state index contributed by atoms with van der Waals surface area (Å²) in [5.41, 5.74) is 94.2. The van der Waals surface area contributed by atoms with Crippen LogP contribution in [0, 0.1) is 0 Å². The lowest BCUT2D eigenvalue weighted by Crippen LogP contribution is -2.60. The molecule has 0 heterocycles. The molecule has 0 bridgehead atoms. The van der Waals surface area contributed by atoms with E-state index in [-0.39, 0.29) is 202 Å². The SMILES string of the molecule is CN[C@H](CCCN=C(N)N)C(=O)N[C@H](CCCN=C(N)N)C(=O)N[C@H](CCCN=C(N)N)C(=O)N[C@H](CCCN=C(N)N)C(=O)N[C@H](CCCN=C(N)N)C(=O)N[C@H](CCCN=C(N)N)C(=O)N[C@H](CCCN=C(N)N)C(=O)N[C@H](CCCN=C(N)N)C(=O)N[C@H](CS)C(N)=O. The van der Waals surface area contributed by atoms with Crippen LogP contribution in [0.4, 0.5) is 0 Å². The average Bonchev–Trinajstić information content (AvgIpc) is 0.985. The number of carbonyl (C=O) groups excluding carboxylic acids is 9. The number of primary amides is 1. The fourth-order valence-corrected chi connectivity index (χ4v) is 8.97. The molecule has 96 heavy (non-hydrogen) atoms. The number of carbonyl (C=O) groups is 9. The summed E-state index contributed by atoms with van der Waals surface area (Å²) in [5, 5.41) is 24.0. The number of nitrogens with zero attached hydrogens (tertiary/aromatic N) is 8. The van der Waals surface area contributed by atoms with E-state index in [4.69, 9.17) is 97.5 Å². The average molecular weight is 1380 g/mol. The molecule has 0 aliphatic rings. The van der Waals surface area contributed by atoms with Crippen molar-refractivity contribution < 1.29 is 43.2 Å². The second-order valence-electron chi connectivity index (χ2n) is 21.5. The van der Waals surface area contributed by atoms with E-state index in [1.807, 2.05) is 0 Å². The number of nitrogens with two attached hydrogens (primary N) is 17. The molecule has 44 heteroatoms. The molecule has 0 spiro atoms. The van der Waals surface area contributed by atoms with Gasteiger partial charge in [-0.3, -0.25) is 83.1 Å². The molecule has 43 N–H and O–H groups in total. The van der Waals surface area contributed by atoms with Gasteiger partial charge in [0.05, 0.1) is 6.04 Å². The summed E-state index contributed by atoms with van der Waals surface area (Å²) in [7, 11) is 1.54. The van der Waals surface area contributed by atoms with E-state index in [1.165, 1.54) is 0 Å². The first kappa shape index (κ1) is 85.7. The number of amides is 9. The van der Waals surface area contributed by atoms with Gasteiger partial charge < -0.3 is 145 Å². The fraction of sp³-hybridized carbons (Fsp3) is 0.673. The first-order valence-corrected chi connectivity index (χ1v) is 31.4. The van der Waals surface area contributed by atoms with Gasteiger partial charge in [-0.2, -0.15) is 12.6 Å². The van der Waals surface area contributed by atoms with E-state index in [0.29, 0.717) is 6.42 Å². The van der Waals surface area contributed by atoms with Crippen LogP contribution in [0.2, 0.25) is 0 Å². The van der Waals surface area contributed by atoms with Gasteiger partial charge >= 0.3 is 0 Å². The highest BCUT2D eigenvalue weighted by molar-refractivity contribution is 7.80. The predicted molar refractivity (Wildman–Crippen MR) is 371 cm³/mol. The standard InChI is InChI=1S/C52H106N34O9S/c1-70-27(10-2-18-71-45(54)55)37(88)79-28(11-3-19-72-46(56)57)38(89)80-29(12-4-20-73-47(58)59)39(90)81-30(13-5-21-74-48(60)61)40(91)82-31(14-6-22-75-49(62)63)41(92)83-32(15-7-23-76-50(64)65)42(93)84-33(16-8-24-77-51(66)67)43(94)85-34(17-9-25-78-52(68)69)44(95)86-35(26-96)36(53)87/h27-35,70,96H,2-26H2,1H3,(H2,53,87)(H,79,88)(H,80,89)(H,81,90)(H,82,91)(H,83,92)(H,84,93)(H,85,94)(H,86,95)(H4,54,55,71)(H4,56,57,72)(H4,58,59,73)(H4,60,61,74)(H4,62,63,75)(H4,64,65,76)(H4,66,67,77)(H4,68,69,78)/t27-,28-,29-,30-,31-,32-,33-,34-,35-/m1/s1. The van der Waals surface area contributed by atoms with Gasteiger partial charge in [-0.15, -0.1) is 0 Å². The third-order valence-electron chi connectivity index (χ3n) is 13.5. The van der Waals surface area contributed by atoms with E-state index >= 15 is 0 Å². The quantitative estimate of drug-likeness (QED) is 0.0116. The molecule has 9 amide bonds. The van der Waals surface area contributed by atoms with Crippen molar-refractivity contribution in [3.8, 4) is 0 Å². The lowest BCUT2D eigenvalue weighted by atomic mass is 10.0. The lowest BCUT2D eigenvalue weighted by Gasteiger charge is -2.28. The van der Waals surface area contributed by atoms with Crippen molar-refractivity contribution in [2.45, 2.75) is 157 Å². The monoisotopic (exact) mass is 1380 g/mol. The van der Waals surface area contributed by atoms with Crippen LogP contribution in [0.5, 0.6) is 0 Å². The normalized spacial score (nSPS) is 13.4. The smallest absolute Gasteiger partial charge is 0.243 e. The van der Waals surface area contributed by atoms with Crippen molar-refractivity contribution >= 4 is 113 Å². The van der Waals surface area contributed by atoms with Crippen LogP contribution in [0.3, 0.4) is 0 Å². The number of hydrogen-bond donors (Lipinski definition) is 27. The summed E-state index contributed by atoms with van der Waals surface area (Å²) in [4.78, 5) is 159. The first-order valence-electron chi connectivity index (χ1n) is 30.7. The highest BCUT2D eigenvalue weighted by atomic mass is 32.1. The van der Waals surface area contributed by atoms with E-state index in [0.717, 1.165) is 0 Å². The maximum atomic E-state index is 14.8. The van der Waals surface area contributed by atoms with Crippen LogP contribution in [-0.4, -0.2) is 220 Å². The van der Waals surface area contributed by atoms with Crippen LogP contribution in [0.25, 0.3) is 0 Å². The maximum absolute atomic E-state index is 14.8. The predicted octanol–water partition coefficient (Wildman–Crippen LogP) is -12.7. The number of aliphatic imine (C=N–C) groups is 8. The molecule has 0 aromatic rings. The van der Waals surface area contributed by atoms with Crippen LogP contribution in [0.1, 0.15) is 103 Å². The maximum Gasteiger partial charge on any atom is 0.243 e. The van der Waals surface area contributed by atoms with E-state index in [9.17, 15) is 43.2 Å². The molecule has 9 atom stereocenters. The Balaban J connectivity index is 7.72. The lowest BCUT2D eigenvalue weighted by molar-refractivity contribution is -0.136. The van der Waals surface area contributed by atoms with Crippen molar-refractivity contribution in [3.63, 3.8) is 0 Å². The molecule has 0 aromatic heterocycles. The zero-order valence-electron chi connectivity index (χ0n) is 54.4. The number of guanidine groups is 8. The summed E-state index contributed by atoms with van der Waals surface area (Å²) < 4.78 is 0. The summed E-state index contributed by atoms with van der Waals surface area (Å²) in [5.74, 6) is -10.0.